The lowest BCUT2D eigenvalue weighted by Gasteiger charge is -2.29. The maximum atomic E-state index is 9.45. The van der Waals surface area contributed by atoms with Crippen LogP contribution in [0.2, 0.25) is 0 Å². The first-order chi connectivity index (χ1) is 9.74. The Morgan fingerprint density at radius 2 is 1.90 bits per heavy atom. The quantitative estimate of drug-likeness (QED) is 0.833. The van der Waals surface area contributed by atoms with Crippen LogP contribution in [0.1, 0.15) is 63.1 Å². The average molecular weight is 276 g/mol. The van der Waals surface area contributed by atoms with E-state index in [2.05, 4.69) is 18.9 Å². The van der Waals surface area contributed by atoms with Crippen molar-refractivity contribution in [2.24, 2.45) is 0 Å². The fourth-order valence-corrected chi connectivity index (χ4v) is 3.12. The van der Waals surface area contributed by atoms with Crippen molar-refractivity contribution in [3.8, 4) is 0 Å². The average Bonchev–Trinajstić information content (AvgIpc) is 2.75. The van der Waals surface area contributed by atoms with E-state index < -0.39 is 0 Å². The van der Waals surface area contributed by atoms with Crippen molar-refractivity contribution in [1.82, 2.24) is 4.98 Å². The Labute approximate surface area is 123 Å². The lowest BCUT2D eigenvalue weighted by Crippen LogP contribution is -2.32. The summed E-state index contributed by atoms with van der Waals surface area (Å²) < 4.78 is 0. The van der Waals surface area contributed by atoms with Crippen LogP contribution < -0.4 is 4.90 Å². The monoisotopic (exact) mass is 276 g/mol. The second-order valence-corrected chi connectivity index (χ2v) is 5.99. The molecule has 0 radical (unpaired) electrons. The van der Waals surface area contributed by atoms with Crippen LogP contribution in [0.4, 0.5) is 5.82 Å². The van der Waals surface area contributed by atoms with Crippen molar-refractivity contribution >= 4 is 5.82 Å². The van der Waals surface area contributed by atoms with Gasteiger partial charge in [-0.05, 0) is 37.0 Å². The second-order valence-electron chi connectivity index (χ2n) is 5.99. The zero-order valence-electron chi connectivity index (χ0n) is 12.9. The molecule has 0 saturated heterocycles. The van der Waals surface area contributed by atoms with Gasteiger partial charge in [-0.25, -0.2) is 4.98 Å². The van der Waals surface area contributed by atoms with Gasteiger partial charge in [-0.2, -0.15) is 0 Å². The molecule has 1 aromatic rings. The fraction of sp³-hybridized carbons (Fsp3) is 0.706. The van der Waals surface area contributed by atoms with E-state index in [0.717, 1.165) is 29.9 Å². The largest absolute Gasteiger partial charge is 0.392 e. The Morgan fingerprint density at radius 3 is 2.50 bits per heavy atom. The molecule has 0 aromatic carbocycles. The predicted octanol–water partition coefficient (Wildman–Crippen LogP) is 3.69. The van der Waals surface area contributed by atoms with E-state index in [0.29, 0.717) is 6.04 Å². The maximum Gasteiger partial charge on any atom is 0.129 e. The Kier molecular flexibility index (Phi) is 5.84. The predicted molar refractivity (Wildman–Crippen MR) is 84.0 cm³/mol. The van der Waals surface area contributed by atoms with Gasteiger partial charge in [0.15, 0.2) is 0 Å². The normalized spacial score (nSPS) is 16.9. The van der Waals surface area contributed by atoms with Crippen LogP contribution in [-0.4, -0.2) is 23.2 Å². The van der Waals surface area contributed by atoms with Gasteiger partial charge in [-0.3, -0.25) is 0 Å². The number of aliphatic hydroxyl groups is 1. The van der Waals surface area contributed by atoms with Crippen LogP contribution in [0.3, 0.4) is 0 Å². The molecule has 1 N–H and O–H groups in total. The highest BCUT2D eigenvalue weighted by Crippen LogP contribution is 2.25. The van der Waals surface area contributed by atoms with E-state index in [1.807, 2.05) is 12.1 Å². The number of aromatic nitrogens is 1. The van der Waals surface area contributed by atoms with E-state index in [9.17, 15) is 5.11 Å². The number of rotatable bonds is 5. The van der Waals surface area contributed by atoms with E-state index in [4.69, 9.17) is 4.98 Å². The summed E-state index contributed by atoms with van der Waals surface area (Å²) in [6.45, 7) is 2.27. The summed E-state index contributed by atoms with van der Waals surface area (Å²) in [7, 11) is 2.16. The molecule has 0 unspecified atom stereocenters. The topological polar surface area (TPSA) is 36.4 Å². The minimum Gasteiger partial charge on any atom is -0.392 e. The van der Waals surface area contributed by atoms with Crippen molar-refractivity contribution < 1.29 is 5.11 Å². The highest BCUT2D eigenvalue weighted by Gasteiger charge is 2.18. The summed E-state index contributed by atoms with van der Waals surface area (Å²) in [5.74, 6) is 1.03. The molecule has 3 nitrogen and oxygen atoms in total. The molecule has 1 aliphatic rings. The van der Waals surface area contributed by atoms with Crippen LogP contribution in [0.5, 0.6) is 0 Å². The van der Waals surface area contributed by atoms with Gasteiger partial charge in [0.2, 0.25) is 0 Å². The zero-order chi connectivity index (χ0) is 14.4. The van der Waals surface area contributed by atoms with Crippen molar-refractivity contribution in [2.45, 2.75) is 70.9 Å². The van der Waals surface area contributed by atoms with E-state index >= 15 is 0 Å². The highest BCUT2D eigenvalue weighted by molar-refractivity contribution is 5.43. The van der Waals surface area contributed by atoms with Gasteiger partial charge in [0, 0.05) is 18.8 Å². The molecule has 1 aliphatic carbocycles. The summed E-state index contributed by atoms with van der Waals surface area (Å²) in [5.41, 5.74) is 2.09. The molecule has 2 rings (SSSR count). The molecule has 1 fully saturated rings. The molecule has 20 heavy (non-hydrogen) atoms. The first kappa shape index (κ1) is 15.3. The molecule has 1 saturated carbocycles. The van der Waals surface area contributed by atoms with Gasteiger partial charge >= 0.3 is 0 Å². The van der Waals surface area contributed by atoms with Gasteiger partial charge < -0.3 is 10.0 Å². The first-order valence-electron chi connectivity index (χ1n) is 8.08. The molecule has 0 bridgehead atoms. The SMILES string of the molecule is CCCc1cc(CO)cc(N(C)C2CCCCCC2)n1. The van der Waals surface area contributed by atoms with Crippen LogP contribution >= 0.6 is 0 Å². The summed E-state index contributed by atoms with van der Waals surface area (Å²) in [6.07, 6.45) is 10.0. The Hall–Kier alpha value is -1.09. The third kappa shape index (κ3) is 3.95. The van der Waals surface area contributed by atoms with Crippen molar-refractivity contribution in [2.75, 3.05) is 11.9 Å². The molecule has 0 aliphatic heterocycles. The van der Waals surface area contributed by atoms with Gasteiger partial charge in [-0.1, -0.05) is 39.0 Å². The number of nitrogens with zero attached hydrogens (tertiary/aromatic N) is 2. The van der Waals surface area contributed by atoms with Crippen LogP contribution in [-0.2, 0) is 13.0 Å². The molecule has 1 aromatic heterocycles. The number of aliphatic hydroxyl groups excluding tert-OH is 1. The smallest absolute Gasteiger partial charge is 0.129 e. The van der Waals surface area contributed by atoms with Crippen LogP contribution in [0, 0.1) is 0 Å². The molecule has 0 amide bonds. The number of aryl methyl sites for hydroxylation is 1. The molecule has 0 spiro atoms. The Balaban J connectivity index is 2.18. The molecule has 0 atom stereocenters. The minimum absolute atomic E-state index is 0.102. The summed E-state index contributed by atoms with van der Waals surface area (Å²) in [5, 5.41) is 9.45. The molecule has 3 heteroatoms. The molecule has 1 heterocycles. The van der Waals surface area contributed by atoms with Crippen molar-refractivity contribution in [3.63, 3.8) is 0 Å². The van der Waals surface area contributed by atoms with Gasteiger partial charge in [0.25, 0.3) is 0 Å². The summed E-state index contributed by atoms with van der Waals surface area (Å²) >= 11 is 0. The molecular weight excluding hydrogens is 248 g/mol. The summed E-state index contributed by atoms with van der Waals surface area (Å²) in [4.78, 5) is 7.13. The maximum absolute atomic E-state index is 9.45. The second kappa shape index (κ2) is 7.63. The number of hydrogen-bond donors (Lipinski definition) is 1. The number of anilines is 1. The molecule has 112 valence electrons. The van der Waals surface area contributed by atoms with Crippen LogP contribution in [0.25, 0.3) is 0 Å². The third-order valence-electron chi connectivity index (χ3n) is 4.35. The van der Waals surface area contributed by atoms with Gasteiger partial charge in [-0.15, -0.1) is 0 Å². The Morgan fingerprint density at radius 1 is 1.20 bits per heavy atom. The van der Waals surface area contributed by atoms with Gasteiger partial charge in [0.05, 0.1) is 6.61 Å². The van der Waals surface area contributed by atoms with Crippen molar-refractivity contribution in [3.05, 3.63) is 23.4 Å². The third-order valence-corrected chi connectivity index (χ3v) is 4.35. The van der Waals surface area contributed by atoms with E-state index in [1.54, 1.807) is 0 Å². The standard InChI is InChI=1S/C17H28N2O/c1-3-8-15-11-14(13-20)12-17(18-15)19(2)16-9-6-4-5-7-10-16/h11-12,16,20H,3-10,13H2,1-2H3. The van der Waals surface area contributed by atoms with E-state index in [-0.39, 0.29) is 6.61 Å². The number of pyridine rings is 1. The fourth-order valence-electron chi connectivity index (χ4n) is 3.12. The van der Waals surface area contributed by atoms with E-state index in [1.165, 1.54) is 38.5 Å². The summed E-state index contributed by atoms with van der Waals surface area (Å²) in [6, 6.07) is 4.69. The zero-order valence-corrected chi connectivity index (χ0v) is 12.9. The minimum atomic E-state index is 0.102. The van der Waals surface area contributed by atoms with Crippen LogP contribution in [0.15, 0.2) is 12.1 Å². The van der Waals surface area contributed by atoms with Crippen molar-refractivity contribution in [1.29, 1.82) is 0 Å². The Bertz CT molecular complexity index is 411. The molecular formula is C17H28N2O. The lowest BCUT2D eigenvalue weighted by atomic mass is 10.1. The lowest BCUT2D eigenvalue weighted by molar-refractivity contribution is 0.281. The number of hydrogen-bond acceptors (Lipinski definition) is 3. The van der Waals surface area contributed by atoms with Gasteiger partial charge in [0.1, 0.15) is 5.82 Å². The highest BCUT2D eigenvalue weighted by atomic mass is 16.3. The first-order valence-corrected chi connectivity index (χ1v) is 8.08.